The molecule has 0 aliphatic rings. The fraction of sp³-hybridized carbons (Fsp3) is 0.273. The molecule has 0 heterocycles. The predicted octanol–water partition coefficient (Wildman–Crippen LogP) is 1.07. The van der Waals surface area contributed by atoms with E-state index in [9.17, 15) is 14.0 Å². The van der Waals surface area contributed by atoms with Gasteiger partial charge in [-0.05, 0) is 18.2 Å². The fourth-order valence-electron chi connectivity index (χ4n) is 1.39. The van der Waals surface area contributed by atoms with Gasteiger partial charge in [0.2, 0.25) is 0 Å². The number of nitrogens with zero attached hydrogens (tertiary/aromatic N) is 1. The summed E-state index contributed by atoms with van der Waals surface area (Å²) in [5.41, 5.74) is 0.280. The second kappa shape index (κ2) is 6.35. The minimum absolute atomic E-state index is 0.163. The molecule has 1 aromatic rings. The summed E-state index contributed by atoms with van der Waals surface area (Å²) in [7, 11) is 1.36. The normalized spacial score (nSPS) is 11.8. The van der Waals surface area contributed by atoms with Crippen molar-refractivity contribution in [3.05, 3.63) is 29.0 Å². The maximum Gasteiger partial charge on any atom is 0.405 e. The molecule has 19 heavy (non-hydrogen) atoms. The quantitative estimate of drug-likeness (QED) is 0.774. The molecule has 2 amide bonds. The lowest BCUT2D eigenvalue weighted by Crippen LogP contribution is -2.49. The number of likely N-dealkylation sites (N-methyl/N-ethyl adjacent to an activating group) is 1. The van der Waals surface area contributed by atoms with Gasteiger partial charge in [-0.25, -0.2) is 9.18 Å². The van der Waals surface area contributed by atoms with E-state index in [0.29, 0.717) is 0 Å². The average molecular weight is 291 g/mol. The highest BCUT2D eigenvalue weighted by Crippen LogP contribution is 2.22. The van der Waals surface area contributed by atoms with Gasteiger partial charge in [-0.2, -0.15) is 0 Å². The number of carbonyl (C=O) groups excluding carboxylic acids is 1. The summed E-state index contributed by atoms with van der Waals surface area (Å²) in [5.74, 6) is -1.32. The summed E-state index contributed by atoms with van der Waals surface area (Å²) in [4.78, 5) is 23.4. The molecule has 0 aromatic heterocycles. The second-order valence-electron chi connectivity index (χ2n) is 3.68. The molecule has 3 N–H and O–H groups in total. The Bertz CT molecular complexity index is 498. The van der Waals surface area contributed by atoms with Crippen LogP contribution in [-0.2, 0) is 4.79 Å². The topological polar surface area (TPSA) is 89.9 Å². The summed E-state index contributed by atoms with van der Waals surface area (Å²) in [6.45, 7) is -0.690. The number of anilines is 1. The number of carbonyl (C=O) groups is 2. The SMILES string of the molecule is CN(C(=O)C(CO)NC(=O)O)c1ccc(F)c(Cl)c1. The maximum absolute atomic E-state index is 13.0. The van der Waals surface area contributed by atoms with E-state index in [1.807, 2.05) is 5.32 Å². The number of nitrogens with one attached hydrogen (secondary N) is 1. The third-order valence-corrected chi connectivity index (χ3v) is 2.69. The molecule has 0 saturated carbocycles. The highest BCUT2D eigenvalue weighted by atomic mass is 35.5. The standard InChI is InChI=1S/C11H12ClFN2O4/c1-15(6-2-3-8(13)7(12)4-6)10(17)9(5-16)14-11(18)19/h2-4,9,14,16H,5H2,1H3,(H,18,19). The van der Waals surface area contributed by atoms with Gasteiger partial charge in [0.25, 0.3) is 5.91 Å². The number of aliphatic hydroxyl groups excluding tert-OH is 1. The lowest BCUT2D eigenvalue weighted by molar-refractivity contribution is -0.121. The van der Waals surface area contributed by atoms with Gasteiger partial charge in [0.05, 0.1) is 11.6 Å². The van der Waals surface area contributed by atoms with Crippen LogP contribution in [-0.4, -0.2) is 41.9 Å². The van der Waals surface area contributed by atoms with Crippen LogP contribution in [0.4, 0.5) is 14.9 Å². The monoisotopic (exact) mass is 290 g/mol. The van der Waals surface area contributed by atoms with E-state index in [1.165, 1.54) is 19.2 Å². The molecular formula is C11H12ClFN2O4. The number of amides is 2. The molecular weight excluding hydrogens is 279 g/mol. The Morgan fingerprint density at radius 1 is 1.53 bits per heavy atom. The summed E-state index contributed by atoms with van der Waals surface area (Å²) in [5, 5.41) is 19.2. The smallest absolute Gasteiger partial charge is 0.405 e. The van der Waals surface area contributed by atoms with Crippen molar-refractivity contribution in [2.75, 3.05) is 18.6 Å². The van der Waals surface area contributed by atoms with Gasteiger partial charge >= 0.3 is 6.09 Å². The molecule has 0 spiro atoms. The van der Waals surface area contributed by atoms with Gasteiger partial charge in [-0.3, -0.25) is 4.79 Å². The van der Waals surface area contributed by atoms with E-state index in [4.69, 9.17) is 21.8 Å². The van der Waals surface area contributed by atoms with E-state index >= 15 is 0 Å². The Hall–Kier alpha value is -1.86. The van der Waals surface area contributed by atoms with Gasteiger partial charge in [0.15, 0.2) is 0 Å². The minimum Gasteiger partial charge on any atom is -0.465 e. The molecule has 0 aliphatic carbocycles. The zero-order valence-electron chi connectivity index (χ0n) is 9.93. The van der Waals surface area contributed by atoms with Gasteiger partial charge in [0.1, 0.15) is 11.9 Å². The van der Waals surface area contributed by atoms with Crippen LogP contribution in [0.25, 0.3) is 0 Å². The molecule has 0 saturated heterocycles. The largest absolute Gasteiger partial charge is 0.465 e. The first-order chi connectivity index (χ1) is 8.86. The molecule has 0 bridgehead atoms. The van der Waals surface area contributed by atoms with Gasteiger partial charge in [-0.15, -0.1) is 0 Å². The molecule has 1 rings (SSSR count). The molecule has 0 radical (unpaired) electrons. The number of rotatable bonds is 4. The van der Waals surface area contributed by atoms with Crippen molar-refractivity contribution >= 4 is 29.3 Å². The maximum atomic E-state index is 13.0. The lowest BCUT2D eigenvalue weighted by Gasteiger charge is -2.22. The molecule has 0 aliphatic heterocycles. The van der Waals surface area contributed by atoms with Crippen molar-refractivity contribution in [2.24, 2.45) is 0 Å². The number of halogens is 2. The van der Waals surface area contributed by atoms with Crippen molar-refractivity contribution in [2.45, 2.75) is 6.04 Å². The first kappa shape index (κ1) is 15.2. The van der Waals surface area contributed by atoms with Crippen LogP contribution in [0.3, 0.4) is 0 Å². The molecule has 6 nitrogen and oxygen atoms in total. The first-order valence-electron chi connectivity index (χ1n) is 5.19. The lowest BCUT2D eigenvalue weighted by atomic mass is 10.2. The fourth-order valence-corrected chi connectivity index (χ4v) is 1.56. The third kappa shape index (κ3) is 3.80. The Morgan fingerprint density at radius 3 is 2.63 bits per heavy atom. The van der Waals surface area contributed by atoms with E-state index in [0.717, 1.165) is 11.0 Å². The van der Waals surface area contributed by atoms with Gasteiger partial charge in [0, 0.05) is 12.7 Å². The molecule has 0 fully saturated rings. The van der Waals surface area contributed by atoms with Crippen molar-refractivity contribution in [1.82, 2.24) is 5.32 Å². The molecule has 1 atom stereocenters. The zero-order chi connectivity index (χ0) is 14.6. The second-order valence-corrected chi connectivity index (χ2v) is 4.09. The van der Waals surface area contributed by atoms with E-state index in [-0.39, 0.29) is 10.7 Å². The van der Waals surface area contributed by atoms with Gasteiger partial charge < -0.3 is 20.4 Å². The minimum atomic E-state index is -1.43. The summed E-state index contributed by atoms with van der Waals surface area (Å²) in [6.07, 6.45) is -1.43. The molecule has 1 unspecified atom stereocenters. The van der Waals surface area contributed by atoms with E-state index < -0.39 is 30.5 Å². The molecule has 1 aromatic carbocycles. The molecule has 104 valence electrons. The molecule has 8 heteroatoms. The van der Waals surface area contributed by atoms with Crippen molar-refractivity contribution in [1.29, 1.82) is 0 Å². The van der Waals surface area contributed by atoms with Crippen molar-refractivity contribution in [3.8, 4) is 0 Å². The Labute approximate surface area is 113 Å². The van der Waals surface area contributed by atoms with Crippen molar-refractivity contribution in [3.63, 3.8) is 0 Å². The van der Waals surface area contributed by atoms with Crippen LogP contribution >= 0.6 is 11.6 Å². The zero-order valence-corrected chi connectivity index (χ0v) is 10.7. The average Bonchev–Trinajstić information content (AvgIpc) is 2.37. The Balaban J connectivity index is 2.91. The first-order valence-corrected chi connectivity index (χ1v) is 5.57. The Kier molecular flexibility index (Phi) is 5.08. The number of hydrogen-bond donors (Lipinski definition) is 3. The number of benzene rings is 1. The van der Waals surface area contributed by atoms with Crippen LogP contribution in [0.2, 0.25) is 5.02 Å². The summed E-state index contributed by atoms with van der Waals surface area (Å²) >= 11 is 5.59. The highest BCUT2D eigenvalue weighted by molar-refractivity contribution is 6.31. The van der Waals surface area contributed by atoms with Crippen LogP contribution < -0.4 is 10.2 Å². The van der Waals surface area contributed by atoms with Crippen LogP contribution in [0.15, 0.2) is 18.2 Å². The summed E-state index contributed by atoms with van der Waals surface area (Å²) < 4.78 is 13.0. The number of aliphatic hydroxyl groups is 1. The summed E-state index contributed by atoms with van der Waals surface area (Å²) in [6, 6.07) is 2.32. The van der Waals surface area contributed by atoms with Crippen LogP contribution in [0, 0.1) is 5.82 Å². The number of carboxylic acid groups (broad SMARTS) is 1. The van der Waals surface area contributed by atoms with Gasteiger partial charge in [-0.1, -0.05) is 11.6 Å². The predicted molar refractivity (Wildman–Crippen MR) is 66.9 cm³/mol. The van der Waals surface area contributed by atoms with Crippen LogP contribution in [0.1, 0.15) is 0 Å². The van der Waals surface area contributed by atoms with Crippen LogP contribution in [0.5, 0.6) is 0 Å². The number of hydrogen-bond acceptors (Lipinski definition) is 3. The highest BCUT2D eigenvalue weighted by Gasteiger charge is 2.24. The third-order valence-electron chi connectivity index (χ3n) is 2.40. The van der Waals surface area contributed by atoms with E-state index in [1.54, 1.807) is 0 Å². The Morgan fingerprint density at radius 2 is 2.16 bits per heavy atom. The van der Waals surface area contributed by atoms with E-state index in [2.05, 4.69) is 0 Å². The van der Waals surface area contributed by atoms with Crippen molar-refractivity contribution < 1.29 is 24.2 Å².